The molecule has 0 rings (SSSR count). The molecule has 0 aromatic heterocycles. The highest BCUT2D eigenvalue weighted by atomic mass is 16.3. The van der Waals surface area contributed by atoms with Gasteiger partial charge >= 0.3 is 0 Å². The van der Waals surface area contributed by atoms with Crippen molar-refractivity contribution in [3.8, 4) is 0 Å². The van der Waals surface area contributed by atoms with Crippen molar-refractivity contribution in [3.63, 3.8) is 0 Å². The minimum atomic E-state index is -0.745. The zero-order chi connectivity index (χ0) is 9.45. The number of hydrogen-bond acceptors (Lipinski definition) is 6. The van der Waals surface area contributed by atoms with Gasteiger partial charge in [0.05, 0.1) is 19.6 Å². The molecule has 0 fully saturated rings. The molecule has 0 unspecified atom stereocenters. The van der Waals surface area contributed by atoms with Gasteiger partial charge in [0.15, 0.2) is 0 Å². The van der Waals surface area contributed by atoms with Gasteiger partial charge in [0.25, 0.3) is 0 Å². The summed E-state index contributed by atoms with van der Waals surface area (Å²) in [4.78, 5) is 30.0. The lowest BCUT2D eigenvalue weighted by Gasteiger charge is -2.22. The van der Waals surface area contributed by atoms with Gasteiger partial charge in [0, 0.05) is 5.41 Å². The van der Waals surface area contributed by atoms with Crippen LogP contribution in [-0.2, 0) is 0 Å². The number of rotatable bonds is 7. The first-order valence-electron chi connectivity index (χ1n) is 3.62. The molecule has 68 valence electrons. The van der Waals surface area contributed by atoms with Crippen molar-refractivity contribution < 1.29 is 0 Å². The molecule has 6 nitrogen and oxygen atoms in total. The van der Waals surface area contributed by atoms with E-state index in [1.807, 2.05) is 0 Å². The summed E-state index contributed by atoms with van der Waals surface area (Å²) in [6.07, 6.45) is 0.496. The highest BCUT2D eigenvalue weighted by Gasteiger charge is 2.30. The van der Waals surface area contributed by atoms with Gasteiger partial charge < -0.3 is 0 Å². The third-order valence-corrected chi connectivity index (χ3v) is 1.95. The van der Waals surface area contributed by atoms with E-state index in [4.69, 9.17) is 0 Å². The second kappa shape index (κ2) is 5.45. The van der Waals surface area contributed by atoms with Gasteiger partial charge in [-0.1, -0.05) is 22.5 Å². The Morgan fingerprint density at radius 3 is 1.42 bits per heavy atom. The quantitative estimate of drug-likeness (QED) is 0.548. The molecule has 0 bridgehead atoms. The summed E-state index contributed by atoms with van der Waals surface area (Å²) in [7, 11) is 0. The van der Waals surface area contributed by atoms with Gasteiger partial charge in [-0.3, -0.25) is 0 Å². The topological polar surface area (TPSA) is 88.3 Å². The van der Waals surface area contributed by atoms with Crippen LogP contribution in [0.2, 0.25) is 0 Å². The Hall–Kier alpha value is -1.20. The Bertz CT molecular complexity index is 145. The van der Waals surface area contributed by atoms with Crippen LogP contribution in [0.15, 0.2) is 15.5 Å². The van der Waals surface area contributed by atoms with Gasteiger partial charge in [-0.05, 0) is 6.42 Å². The zero-order valence-corrected chi connectivity index (χ0v) is 6.89. The molecule has 0 N–H and O–H groups in total. The Morgan fingerprint density at radius 1 is 0.917 bits per heavy atom. The molecular formula is C6H11N3O3. The molecule has 0 saturated heterocycles. The van der Waals surface area contributed by atoms with E-state index in [2.05, 4.69) is 15.5 Å². The third kappa shape index (κ3) is 2.81. The monoisotopic (exact) mass is 173 g/mol. The molecule has 0 aliphatic heterocycles. The van der Waals surface area contributed by atoms with E-state index in [1.165, 1.54) is 0 Å². The van der Waals surface area contributed by atoms with Crippen LogP contribution in [0.25, 0.3) is 0 Å². The maximum absolute atomic E-state index is 9.99. The highest BCUT2D eigenvalue weighted by molar-refractivity contribution is 4.84. The fraction of sp³-hybridized carbons (Fsp3) is 1.00. The highest BCUT2D eigenvalue weighted by Crippen LogP contribution is 2.23. The molecule has 0 aliphatic rings. The van der Waals surface area contributed by atoms with Crippen LogP contribution in [0.1, 0.15) is 13.3 Å². The first-order valence-corrected chi connectivity index (χ1v) is 3.62. The average molecular weight is 173 g/mol. The van der Waals surface area contributed by atoms with Crippen molar-refractivity contribution in [3.05, 3.63) is 14.7 Å². The summed E-state index contributed by atoms with van der Waals surface area (Å²) in [6.45, 7) is 1.52. The molecule has 0 heterocycles. The molecule has 12 heavy (non-hydrogen) atoms. The SMILES string of the molecule is CCC(CN=O)(CN=O)CN=O. The lowest BCUT2D eigenvalue weighted by Crippen LogP contribution is -2.30. The molecule has 0 spiro atoms. The molecule has 0 aliphatic carbocycles. The summed E-state index contributed by atoms with van der Waals surface area (Å²) in [5, 5.41) is 8.01. The number of nitroso groups, excluding NO2 is 3. The first kappa shape index (κ1) is 10.8. The molecule has 0 atom stereocenters. The van der Waals surface area contributed by atoms with E-state index in [0.717, 1.165) is 0 Å². The van der Waals surface area contributed by atoms with E-state index in [-0.39, 0.29) is 19.6 Å². The van der Waals surface area contributed by atoms with E-state index in [9.17, 15) is 14.7 Å². The maximum atomic E-state index is 9.99. The predicted octanol–water partition coefficient (Wildman–Crippen LogP) is 1.68. The van der Waals surface area contributed by atoms with Crippen LogP contribution in [0.5, 0.6) is 0 Å². The second-order valence-corrected chi connectivity index (χ2v) is 2.72. The second-order valence-electron chi connectivity index (χ2n) is 2.72. The summed E-state index contributed by atoms with van der Waals surface area (Å²) in [5.74, 6) is 0. The van der Waals surface area contributed by atoms with Crippen LogP contribution in [0, 0.1) is 20.1 Å². The van der Waals surface area contributed by atoms with E-state index >= 15 is 0 Å². The molecule has 0 aromatic rings. The van der Waals surface area contributed by atoms with Crippen LogP contribution in [0.3, 0.4) is 0 Å². The molecule has 0 amide bonds. The lowest BCUT2D eigenvalue weighted by molar-refractivity contribution is 0.309. The molecule has 0 saturated carbocycles. The van der Waals surface area contributed by atoms with Gasteiger partial charge in [0.2, 0.25) is 0 Å². The fourth-order valence-electron chi connectivity index (χ4n) is 0.896. The van der Waals surface area contributed by atoms with E-state index in [0.29, 0.717) is 6.42 Å². The smallest absolute Gasteiger partial charge is 0.0905 e. The Morgan fingerprint density at radius 2 is 1.25 bits per heavy atom. The van der Waals surface area contributed by atoms with Gasteiger partial charge in [-0.15, -0.1) is 0 Å². The molecule has 0 radical (unpaired) electrons. The van der Waals surface area contributed by atoms with Crippen molar-refractivity contribution >= 4 is 0 Å². The molecular weight excluding hydrogens is 162 g/mol. The van der Waals surface area contributed by atoms with Gasteiger partial charge in [-0.25, -0.2) is 0 Å². The number of nitrogens with zero attached hydrogens (tertiary/aromatic N) is 3. The minimum absolute atomic E-state index is 0.0824. The lowest BCUT2D eigenvalue weighted by atomic mass is 9.85. The van der Waals surface area contributed by atoms with Crippen LogP contribution in [0.4, 0.5) is 0 Å². The fourth-order valence-corrected chi connectivity index (χ4v) is 0.896. The Balaban J connectivity index is 4.35. The van der Waals surface area contributed by atoms with E-state index < -0.39 is 5.41 Å². The third-order valence-electron chi connectivity index (χ3n) is 1.95. The standard InChI is InChI=1S/C6H11N3O3/c1-2-6(3-7-10,4-8-11)5-9-12/h2-5H2,1H3. The largest absolute Gasteiger partial charge is 0.151 e. The van der Waals surface area contributed by atoms with Crippen LogP contribution >= 0.6 is 0 Å². The summed E-state index contributed by atoms with van der Waals surface area (Å²) in [5.41, 5.74) is -0.745. The normalized spacial score (nSPS) is 10.8. The van der Waals surface area contributed by atoms with Crippen LogP contribution in [-0.4, -0.2) is 19.6 Å². The molecule has 6 heteroatoms. The summed E-state index contributed by atoms with van der Waals surface area (Å²) < 4.78 is 0. The molecule has 0 aromatic carbocycles. The van der Waals surface area contributed by atoms with Crippen LogP contribution < -0.4 is 0 Å². The van der Waals surface area contributed by atoms with Crippen molar-refractivity contribution in [2.24, 2.45) is 20.9 Å². The van der Waals surface area contributed by atoms with Crippen molar-refractivity contribution in [1.29, 1.82) is 0 Å². The van der Waals surface area contributed by atoms with Crippen molar-refractivity contribution in [2.45, 2.75) is 13.3 Å². The summed E-state index contributed by atoms with van der Waals surface area (Å²) >= 11 is 0. The van der Waals surface area contributed by atoms with Crippen molar-refractivity contribution in [1.82, 2.24) is 0 Å². The maximum Gasteiger partial charge on any atom is 0.0905 e. The van der Waals surface area contributed by atoms with Crippen molar-refractivity contribution in [2.75, 3.05) is 19.6 Å². The van der Waals surface area contributed by atoms with Gasteiger partial charge in [0.1, 0.15) is 0 Å². The summed E-state index contributed by atoms with van der Waals surface area (Å²) in [6, 6.07) is 0. The average Bonchev–Trinajstić information content (AvgIpc) is 2.06. The van der Waals surface area contributed by atoms with E-state index in [1.54, 1.807) is 6.92 Å². The number of hydrogen-bond donors (Lipinski definition) is 0. The Labute approximate surface area is 69.6 Å². The minimum Gasteiger partial charge on any atom is -0.151 e. The predicted molar refractivity (Wildman–Crippen MR) is 44.7 cm³/mol. The van der Waals surface area contributed by atoms with Gasteiger partial charge in [-0.2, -0.15) is 14.7 Å². The Kier molecular flexibility index (Phi) is 4.91. The first-order chi connectivity index (χ1) is 5.74. The zero-order valence-electron chi connectivity index (χ0n) is 6.89.